The molecule has 3 heteroatoms. The maximum Gasteiger partial charge on any atom is 0.237 e. The van der Waals surface area contributed by atoms with E-state index in [2.05, 4.69) is 24.5 Å². The van der Waals surface area contributed by atoms with Gasteiger partial charge in [0.25, 0.3) is 0 Å². The van der Waals surface area contributed by atoms with Crippen LogP contribution in [0.5, 0.6) is 0 Å². The van der Waals surface area contributed by atoms with Gasteiger partial charge in [0.1, 0.15) is 0 Å². The lowest BCUT2D eigenvalue weighted by Crippen LogP contribution is -2.51. The monoisotopic (exact) mass is 252 g/mol. The van der Waals surface area contributed by atoms with Crippen LogP contribution in [0.25, 0.3) is 0 Å². The summed E-state index contributed by atoms with van der Waals surface area (Å²) in [5, 5.41) is 6.52. The van der Waals surface area contributed by atoms with Crippen molar-refractivity contribution in [3.05, 3.63) is 0 Å². The molecule has 0 radical (unpaired) electrons. The molecule has 18 heavy (non-hydrogen) atoms. The number of nitrogens with one attached hydrogen (secondary N) is 2. The number of rotatable bonds is 3. The van der Waals surface area contributed by atoms with Gasteiger partial charge >= 0.3 is 0 Å². The van der Waals surface area contributed by atoms with Crippen LogP contribution in [0.3, 0.4) is 0 Å². The third-order valence-corrected chi connectivity index (χ3v) is 4.75. The van der Waals surface area contributed by atoms with E-state index in [0.717, 1.165) is 19.0 Å². The number of carbonyl (C=O) groups is 1. The second kappa shape index (κ2) is 6.55. The molecule has 2 fully saturated rings. The van der Waals surface area contributed by atoms with E-state index in [9.17, 15) is 4.79 Å². The summed E-state index contributed by atoms with van der Waals surface area (Å²) in [5.41, 5.74) is 0. The van der Waals surface area contributed by atoms with Crippen molar-refractivity contribution in [3.8, 4) is 0 Å². The maximum atomic E-state index is 12.1. The minimum absolute atomic E-state index is 0.0428. The summed E-state index contributed by atoms with van der Waals surface area (Å²) in [6.45, 7) is 6.39. The normalized spacial score (nSPS) is 37.2. The number of hydrogen-bond acceptors (Lipinski definition) is 2. The van der Waals surface area contributed by atoms with Gasteiger partial charge in [-0.1, -0.05) is 26.7 Å². The van der Waals surface area contributed by atoms with Crippen LogP contribution >= 0.6 is 0 Å². The number of hydrogen-bond donors (Lipinski definition) is 2. The lowest BCUT2D eigenvalue weighted by molar-refractivity contribution is -0.125. The van der Waals surface area contributed by atoms with E-state index >= 15 is 0 Å². The largest absolute Gasteiger partial charge is 0.354 e. The van der Waals surface area contributed by atoms with Gasteiger partial charge in [-0.3, -0.25) is 4.79 Å². The van der Waals surface area contributed by atoms with Crippen molar-refractivity contribution >= 4 is 5.91 Å². The zero-order valence-corrected chi connectivity index (χ0v) is 11.9. The lowest BCUT2D eigenvalue weighted by atomic mass is 9.83. The Morgan fingerprint density at radius 1 is 1.17 bits per heavy atom. The van der Waals surface area contributed by atoms with E-state index in [1.807, 2.05) is 0 Å². The molecule has 0 aromatic carbocycles. The van der Waals surface area contributed by atoms with Crippen molar-refractivity contribution in [3.63, 3.8) is 0 Å². The molecule has 1 saturated heterocycles. The summed E-state index contributed by atoms with van der Waals surface area (Å²) in [4.78, 5) is 12.1. The van der Waals surface area contributed by atoms with Crippen molar-refractivity contribution in [2.75, 3.05) is 13.1 Å². The van der Waals surface area contributed by atoms with Crippen LogP contribution in [0, 0.1) is 17.8 Å². The topological polar surface area (TPSA) is 41.1 Å². The Morgan fingerprint density at radius 3 is 2.56 bits per heavy atom. The molecule has 3 nitrogen and oxygen atoms in total. The molecule has 1 heterocycles. The zero-order chi connectivity index (χ0) is 13.0. The van der Waals surface area contributed by atoms with Gasteiger partial charge in [-0.25, -0.2) is 0 Å². The second-order valence-corrected chi connectivity index (χ2v) is 6.42. The SMILES string of the molecule is CC1CCC(CNC(=O)C2NCCCC2C)CC1. The van der Waals surface area contributed by atoms with Gasteiger partial charge in [-0.15, -0.1) is 0 Å². The summed E-state index contributed by atoms with van der Waals surface area (Å²) in [6.07, 6.45) is 7.61. The molecular weight excluding hydrogens is 224 g/mol. The Labute approximate surface area is 111 Å². The highest BCUT2D eigenvalue weighted by Gasteiger charge is 2.27. The van der Waals surface area contributed by atoms with Crippen LogP contribution < -0.4 is 10.6 Å². The van der Waals surface area contributed by atoms with Crippen molar-refractivity contribution in [1.29, 1.82) is 0 Å². The maximum absolute atomic E-state index is 12.1. The fourth-order valence-electron chi connectivity index (χ4n) is 3.29. The van der Waals surface area contributed by atoms with Crippen LogP contribution in [-0.2, 0) is 4.79 Å². The van der Waals surface area contributed by atoms with Gasteiger partial charge in [0.15, 0.2) is 0 Å². The molecule has 2 aliphatic rings. The minimum Gasteiger partial charge on any atom is -0.354 e. The van der Waals surface area contributed by atoms with E-state index in [1.165, 1.54) is 38.5 Å². The molecule has 0 spiro atoms. The molecule has 0 aromatic heterocycles. The smallest absolute Gasteiger partial charge is 0.237 e. The molecule has 1 amide bonds. The van der Waals surface area contributed by atoms with E-state index in [4.69, 9.17) is 0 Å². The molecule has 2 unspecified atom stereocenters. The van der Waals surface area contributed by atoms with Crippen molar-refractivity contribution in [1.82, 2.24) is 10.6 Å². The Balaban J connectivity index is 1.71. The Morgan fingerprint density at radius 2 is 1.89 bits per heavy atom. The molecular formula is C15H28N2O. The molecule has 0 bridgehead atoms. The summed E-state index contributed by atoms with van der Waals surface area (Å²) < 4.78 is 0. The highest BCUT2D eigenvalue weighted by atomic mass is 16.2. The number of piperidine rings is 1. The summed E-state index contributed by atoms with van der Waals surface area (Å²) in [7, 11) is 0. The Kier molecular flexibility index (Phi) is 5.04. The molecule has 2 rings (SSSR count). The Bertz CT molecular complexity index is 272. The zero-order valence-electron chi connectivity index (χ0n) is 11.9. The highest BCUT2D eigenvalue weighted by Crippen LogP contribution is 2.27. The van der Waals surface area contributed by atoms with Gasteiger partial charge in [-0.2, -0.15) is 0 Å². The third kappa shape index (κ3) is 3.71. The van der Waals surface area contributed by atoms with E-state index in [0.29, 0.717) is 11.8 Å². The molecule has 2 atom stereocenters. The molecule has 1 saturated carbocycles. The van der Waals surface area contributed by atoms with Gasteiger partial charge in [0.05, 0.1) is 6.04 Å². The fourth-order valence-corrected chi connectivity index (χ4v) is 3.29. The van der Waals surface area contributed by atoms with E-state index < -0.39 is 0 Å². The molecule has 1 aliphatic carbocycles. The third-order valence-electron chi connectivity index (χ3n) is 4.75. The predicted octanol–water partition coefficient (Wildman–Crippen LogP) is 2.32. The predicted molar refractivity (Wildman–Crippen MR) is 74.3 cm³/mol. The summed E-state index contributed by atoms with van der Waals surface area (Å²) >= 11 is 0. The average Bonchev–Trinajstić information content (AvgIpc) is 2.38. The lowest BCUT2D eigenvalue weighted by Gasteiger charge is -2.31. The van der Waals surface area contributed by atoms with Crippen LogP contribution in [0.4, 0.5) is 0 Å². The summed E-state index contributed by atoms with van der Waals surface area (Å²) in [5.74, 6) is 2.30. The molecule has 0 aromatic rings. The van der Waals surface area contributed by atoms with Gasteiger partial charge in [-0.05, 0) is 50.0 Å². The van der Waals surface area contributed by atoms with Gasteiger partial charge < -0.3 is 10.6 Å². The van der Waals surface area contributed by atoms with E-state index in [-0.39, 0.29) is 11.9 Å². The average molecular weight is 252 g/mol. The first-order valence-corrected chi connectivity index (χ1v) is 7.68. The quantitative estimate of drug-likeness (QED) is 0.809. The number of carbonyl (C=O) groups excluding carboxylic acids is 1. The minimum atomic E-state index is 0.0428. The van der Waals surface area contributed by atoms with Gasteiger partial charge in [0, 0.05) is 6.54 Å². The number of amides is 1. The van der Waals surface area contributed by atoms with E-state index in [1.54, 1.807) is 0 Å². The van der Waals surface area contributed by atoms with Crippen molar-refractivity contribution in [2.45, 2.75) is 58.4 Å². The van der Waals surface area contributed by atoms with Crippen molar-refractivity contribution < 1.29 is 4.79 Å². The Hall–Kier alpha value is -0.570. The first-order valence-electron chi connectivity index (χ1n) is 7.68. The first kappa shape index (κ1) is 13.9. The molecule has 2 N–H and O–H groups in total. The fraction of sp³-hybridized carbons (Fsp3) is 0.933. The highest BCUT2D eigenvalue weighted by molar-refractivity contribution is 5.82. The van der Waals surface area contributed by atoms with Gasteiger partial charge in [0.2, 0.25) is 5.91 Å². The standard InChI is InChI=1S/C15H28N2O/c1-11-5-7-13(8-6-11)10-17-15(18)14-12(2)4-3-9-16-14/h11-14,16H,3-10H2,1-2H3,(H,17,18). The first-order chi connectivity index (χ1) is 8.66. The van der Waals surface area contributed by atoms with Crippen LogP contribution in [0.15, 0.2) is 0 Å². The van der Waals surface area contributed by atoms with Crippen LogP contribution in [-0.4, -0.2) is 25.0 Å². The van der Waals surface area contributed by atoms with Crippen molar-refractivity contribution in [2.24, 2.45) is 17.8 Å². The van der Waals surface area contributed by atoms with Crippen LogP contribution in [0.1, 0.15) is 52.4 Å². The molecule has 1 aliphatic heterocycles. The summed E-state index contributed by atoms with van der Waals surface area (Å²) in [6, 6.07) is 0.0428. The molecule has 104 valence electrons. The van der Waals surface area contributed by atoms with Crippen LogP contribution in [0.2, 0.25) is 0 Å². The second-order valence-electron chi connectivity index (χ2n) is 6.42.